The third-order valence-corrected chi connectivity index (χ3v) is 5.56. The van der Waals surface area contributed by atoms with Gasteiger partial charge in [0.2, 0.25) is 10.0 Å². The maximum absolute atomic E-state index is 12.6. The van der Waals surface area contributed by atoms with Gasteiger partial charge in [-0.2, -0.15) is 4.31 Å². The lowest BCUT2D eigenvalue weighted by molar-refractivity contribution is -0.120. The average molecular weight is 351 g/mol. The van der Waals surface area contributed by atoms with E-state index >= 15 is 0 Å². The van der Waals surface area contributed by atoms with Gasteiger partial charge in [-0.15, -0.1) is 0 Å². The molecule has 1 aromatic rings. The van der Waals surface area contributed by atoms with Crippen LogP contribution in [0.25, 0.3) is 0 Å². The van der Waals surface area contributed by atoms with Gasteiger partial charge in [-0.25, -0.2) is 18.1 Å². The minimum atomic E-state index is -3.42. The van der Waals surface area contributed by atoms with Crippen molar-refractivity contribution in [2.75, 3.05) is 30.8 Å². The molecule has 2 fully saturated rings. The molecule has 0 N–H and O–H groups in total. The van der Waals surface area contributed by atoms with Crippen molar-refractivity contribution < 1.29 is 22.8 Å². The predicted molar refractivity (Wildman–Crippen MR) is 86.2 cm³/mol. The first-order valence-corrected chi connectivity index (χ1v) is 9.25. The fourth-order valence-electron chi connectivity index (χ4n) is 2.95. The normalized spacial score (nSPS) is 22.0. The molecule has 8 nitrogen and oxygen atoms in total. The van der Waals surface area contributed by atoms with E-state index in [0.29, 0.717) is 11.3 Å². The summed E-state index contributed by atoms with van der Waals surface area (Å²) in [6.07, 6.45) is 1.09. The number of anilines is 1. The molecule has 0 aromatic heterocycles. The first-order chi connectivity index (χ1) is 11.2. The summed E-state index contributed by atoms with van der Waals surface area (Å²) in [4.78, 5) is 38.9. The van der Waals surface area contributed by atoms with E-state index in [1.807, 2.05) is 0 Å². The van der Waals surface area contributed by atoms with Gasteiger partial charge in [0.1, 0.15) is 6.04 Å². The molecule has 0 unspecified atom stereocenters. The van der Waals surface area contributed by atoms with Crippen LogP contribution in [0.4, 0.5) is 10.5 Å². The third-order valence-electron chi connectivity index (χ3n) is 4.29. The number of Topliss-reactive ketones (excluding diaryl/α,β-unsaturated/α-hetero) is 1. The number of carbonyl (C=O) groups excluding carboxylic acids is 3. The highest BCUT2D eigenvalue weighted by Gasteiger charge is 2.49. The lowest BCUT2D eigenvalue weighted by atomic mass is 10.1. The minimum absolute atomic E-state index is 0.0363. The molecule has 0 bridgehead atoms. The van der Waals surface area contributed by atoms with Gasteiger partial charge in [0.05, 0.1) is 11.9 Å². The average Bonchev–Trinajstić information content (AvgIpc) is 2.78. The molecule has 9 heteroatoms. The summed E-state index contributed by atoms with van der Waals surface area (Å²) in [7, 11) is -3.42. The second-order valence-electron chi connectivity index (χ2n) is 5.89. The second kappa shape index (κ2) is 5.67. The summed E-state index contributed by atoms with van der Waals surface area (Å²) in [5.74, 6) is -0.564. The second-order valence-corrected chi connectivity index (χ2v) is 7.87. The maximum Gasteiger partial charge on any atom is 0.332 e. The van der Waals surface area contributed by atoms with Crippen LogP contribution in [-0.4, -0.2) is 67.3 Å². The van der Waals surface area contributed by atoms with Crippen LogP contribution in [0.3, 0.4) is 0 Å². The van der Waals surface area contributed by atoms with Gasteiger partial charge in [0.25, 0.3) is 5.91 Å². The van der Waals surface area contributed by atoms with Crippen molar-refractivity contribution in [1.82, 2.24) is 9.21 Å². The molecule has 24 heavy (non-hydrogen) atoms. The lowest BCUT2D eigenvalue weighted by Gasteiger charge is -2.33. The summed E-state index contributed by atoms with van der Waals surface area (Å²) >= 11 is 0. The fourth-order valence-corrected chi connectivity index (χ4v) is 3.78. The molecule has 2 saturated heterocycles. The van der Waals surface area contributed by atoms with Crippen LogP contribution in [0.15, 0.2) is 24.3 Å². The van der Waals surface area contributed by atoms with Gasteiger partial charge < -0.3 is 4.90 Å². The number of benzene rings is 1. The Labute approximate surface area is 139 Å². The van der Waals surface area contributed by atoms with Crippen molar-refractivity contribution >= 4 is 33.4 Å². The molecule has 0 saturated carbocycles. The van der Waals surface area contributed by atoms with Crippen molar-refractivity contribution in [3.05, 3.63) is 29.8 Å². The van der Waals surface area contributed by atoms with Crippen LogP contribution in [0.5, 0.6) is 0 Å². The molecule has 3 rings (SSSR count). The number of nitrogens with zero attached hydrogens (tertiary/aromatic N) is 3. The third kappa shape index (κ3) is 2.69. The van der Waals surface area contributed by atoms with E-state index in [4.69, 9.17) is 0 Å². The smallest absolute Gasteiger partial charge is 0.309 e. The van der Waals surface area contributed by atoms with Gasteiger partial charge in [0.15, 0.2) is 5.78 Å². The Morgan fingerprint density at radius 2 is 1.75 bits per heavy atom. The Morgan fingerprint density at radius 3 is 2.29 bits per heavy atom. The summed E-state index contributed by atoms with van der Waals surface area (Å²) in [5, 5.41) is 0. The molecule has 0 radical (unpaired) electrons. The molecular formula is C15H17N3O5S. The first-order valence-electron chi connectivity index (χ1n) is 7.41. The van der Waals surface area contributed by atoms with E-state index in [9.17, 15) is 22.8 Å². The van der Waals surface area contributed by atoms with Gasteiger partial charge in [-0.1, -0.05) is 0 Å². The maximum atomic E-state index is 12.6. The molecule has 128 valence electrons. The Balaban J connectivity index is 1.88. The molecule has 0 aliphatic carbocycles. The van der Waals surface area contributed by atoms with Crippen molar-refractivity contribution in [3.8, 4) is 0 Å². The number of rotatable bonds is 3. The number of hydrogen-bond acceptors (Lipinski definition) is 5. The van der Waals surface area contributed by atoms with Crippen LogP contribution >= 0.6 is 0 Å². The number of amides is 3. The summed E-state index contributed by atoms with van der Waals surface area (Å²) in [6, 6.07) is 4.91. The van der Waals surface area contributed by atoms with E-state index in [1.165, 1.54) is 16.1 Å². The number of ketones is 1. The lowest BCUT2D eigenvalue weighted by Crippen LogP contribution is -2.54. The molecule has 1 aromatic carbocycles. The van der Waals surface area contributed by atoms with Gasteiger partial charge in [-0.3, -0.25) is 9.59 Å². The van der Waals surface area contributed by atoms with Crippen molar-refractivity contribution in [2.24, 2.45) is 0 Å². The fraction of sp³-hybridized carbons (Fsp3) is 0.400. The van der Waals surface area contributed by atoms with Gasteiger partial charge in [-0.05, 0) is 31.2 Å². The summed E-state index contributed by atoms with van der Waals surface area (Å²) < 4.78 is 24.6. The van der Waals surface area contributed by atoms with Crippen LogP contribution in [0.2, 0.25) is 0 Å². The molecule has 2 aliphatic rings. The van der Waals surface area contributed by atoms with Crippen molar-refractivity contribution in [2.45, 2.75) is 13.0 Å². The van der Waals surface area contributed by atoms with Crippen LogP contribution in [0, 0.1) is 0 Å². The Hall–Kier alpha value is -2.26. The van der Waals surface area contributed by atoms with Gasteiger partial charge >= 0.3 is 6.03 Å². The van der Waals surface area contributed by atoms with Crippen LogP contribution in [0.1, 0.15) is 17.3 Å². The first kappa shape index (κ1) is 16.6. The Bertz CT molecular complexity index is 818. The molecule has 2 heterocycles. The number of imide groups is 1. The van der Waals surface area contributed by atoms with E-state index in [0.717, 1.165) is 11.2 Å². The SMILES string of the molecule is CC(=O)c1ccc(N2C(=O)[C@H]3CN(S(C)(=O)=O)CCN3C2=O)cc1. The monoisotopic (exact) mass is 351 g/mol. The van der Waals surface area contributed by atoms with E-state index in [1.54, 1.807) is 24.3 Å². The van der Waals surface area contributed by atoms with Crippen molar-refractivity contribution in [1.29, 1.82) is 0 Å². The van der Waals surface area contributed by atoms with Crippen LogP contribution in [-0.2, 0) is 14.8 Å². The number of sulfonamides is 1. The number of hydrogen-bond donors (Lipinski definition) is 0. The number of piperazine rings is 1. The Kier molecular flexibility index (Phi) is 3.92. The molecule has 0 spiro atoms. The highest BCUT2D eigenvalue weighted by atomic mass is 32.2. The zero-order chi connectivity index (χ0) is 17.6. The number of fused-ring (bicyclic) bond motifs is 1. The molecule has 3 amide bonds. The standard InChI is InChI=1S/C15H17N3O5S/c1-10(19)11-3-5-12(6-4-11)18-14(20)13-9-16(24(2,22)23)7-8-17(13)15(18)21/h3-6,13H,7-9H2,1-2H3/t13-/m1/s1. The van der Waals surface area contributed by atoms with E-state index in [2.05, 4.69) is 0 Å². The molecular weight excluding hydrogens is 334 g/mol. The predicted octanol–water partition coefficient (Wildman–Crippen LogP) is 0.302. The number of urea groups is 1. The minimum Gasteiger partial charge on any atom is -0.309 e. The molecule has 1 atom stereocenters. The zero-order valence-corrected chi connectivity index (χ0v) is 14.1. The summed E-state index contributed by atoms with van der Waals surface area (Å²) in [5.41, 5.74) is 0.856. The highest BCUT2D eigenvalue weighted by molar-refractivity contribution is 7.88. The van der Waals surface area contributed by atoms with Crippen LogP contribution < -0.4 is 4.90 Å². The quantitative estimate of drug-likeness (QED) is 0.577. The number of carbonyl (C=O) groups is 3. The summed E-state index contributed by atoms with van der Waals surface area (Å²) in [6.45, 7) is 1.74. The zero-order valence-electron chi connectivity index (χ0n) is 13.3. The highest BCUT2D eigenvalue weighted by Crippen LogP contribution is 2.28. The largest absolute Gasteiger partial charge is 0.332 e. The van der Waals surface area contributed by atoms with E-state index < -0.39 is 28.0 Å². The van der Waals surface area contributed by atoms with Gasteiger partial charge in [0, 0.05) is 25.2 Å². The topological polar surface area (TPSA) is 95.1 Å². The molecule has 2 aliphatic heterocycles. The van der Waals surface area contributed by atoms with Crippen molar-refractivity contribution in [3.63, 3.8) is 0 Å². The van der Waals surface area contributed by atoms with E-state index in [-0.39, 0.29) is 25.4 Å². The Morgan fingerprint density at radius 1 is 1.12 bits per heavy atom.